The molecule has 0 amide bonds. The summed E-state index contributed by atoms with van der Waals surface area (Å²) in [6, 6.07) is 4.85. The summed E-state index contributed by atoms with van der Waals surface area (Å²) in [4.78, 5) is 0.264. The molecule has 0 spiro atoms. The lowest BCUT2D eigenvalue weighted by molar-refractivity contribution is 0.337. The molecule has 6 heteroatoms. The highest BCUT2D eigenvalue weighted by Crippen LogP contribution is 2.26. The van der Waals surface area contributed by atoms with Crippen molar-refractivity contribution in [3.8, 4) is 5.75 Å². The molecule has 0 aliphatic heterocycles. The molecule has 0 unspecified atom stereocenters. The van der Waals surface area contributed by atoms with Gasteiger partial charge in [0.15, 0.2) is 0 Å². The molecule has 0 atom stereocenters. The summed E-state index contributed by atoms with van der Waals surface area (Å²) in [6.07, 6.45) is 2.95. The van der Waals surface area contributed by atoms with Crippen molar-refractivity contribution >= 4 is 21.6 Å². The maximum absolute atomic E-state index is 12.5. The zero-order valence-corrected chi connectivity index (χ0v) is 14.5. The van der Waals surface area contributed by atoms with Gasteiger partial charge in [0.05, 0.1) is 17.4 Å². The van der Waals surface area contributed by atoms with E-state index < -0.39 is 10.0 Å². The fraction of sp³-hybridized carbons (Fsp3) is 0.600. The number of hydrogen-bond acceptors (Lipinski definition) is 3. The number of sulfonamides is 1. The number of alkyl halides is 1. The number of nitrogens with zero attached hydrogens (tertiary/aromatic N) is 1. The van der Waals surface area contributed by atoms with Crippen molar-refractivity contribution in [2.45, 2.75) is 43.9 Å². The van der Waals surface area contributed by atoms with E-state index in [4.69, 9.17) is 16.3 Å². The summed E-state index contributed by atoms with van der Waals surface area (Å²) in [6.45, 7) is 5.02. The molecule has 4 nitrogen and oxygen atoms in total. The Kier molecular flexibility index (Phi) is 7.49. The highest BCUT2D eigenvalue weighted by molar-refractivity contribution is 7.89. The Morgan fingerprint density at radius 2 is 1.95 bits per heavy atom. The molecular weight excluding hydrogens is 310 g/mol. The summed E-state index contributed by atoms with van der Waals surface area (Å²) in [7, 11) is -1.85. The molecule has 1 aromatic carbocycles. The molecule has 0 saturated heterocycles. The SMILES string of the molecule is CCCCCN(C)S(=O)(=O)c1ccc(OCC)c(CCl)c1. The van der Waals surface area contributed by atoms with Crippen LogP contribution in [0.2, 0.25) is 0 Å². The van der Waals surface area contributed by atoms with Crippen molar-refractivity contribution in [1.29, 1.82) is 0 Å². The number of benzene rings is 1. The van der Waals surface area contributed by atoms with E-state index in [0.717, 1.165) is 19.3 Å². The van der Waals surface area contributed by atoms with Crippen molar-refractivity contribution in [2.75, 3.05) is 20.2 Å². The van der Waals surface area contributed by atoms with Crippen LogP contribution in [0.25, 0.3) is 0 Å². The Hall–Kier alpha value is -0.780. The van der Waals surface area contributed by atoms with Gasteiger partial charge in [-0.05, 0) is 31.5 Å². The quantitative estimate of drug-likeness (QED) is 0.512. The van der Waals surface area contributed by atoms with Crippen LogP contribution in [0.15, 0.2) is 23.1 Å². The molecule has 21 heavy (non-hydrogen) atoms. The van der Waals surface area contributed by atoms with Crippen LogP contribution in [0, 0.1) is 0 Å². The standard InChI is InChI=1S/C15H24ClNO3S/c1-4-6-7-10-17(3)21(18,19)14-8-9-15(20-5-2)13(11-14)12-16/h8-9,11H,4-7,10,12H2,1-3H3. The van der Waals surface area contributed by atoms with Crippen LogP contribution in [0.1, 0.15) is 38.7 Å². The van der Waals surface area contributed by atoms with Gasteiger partial charge in [-0.15, -0.1) is 11.6 Å². The van der Waals surface area contributed by atoms with Crippen LogP contribution in [0.5, 0.6) is 5.75 Å². The molecule has 1 aromatic rings. The number of unbranched alkanes of at least 4 members (excludes halogenated alkanes) is 2. The summed E-state index contributed by atoms with van der Waals surface area (Å²) in [5.41, 5.74) is 0.696. The van der Waals surface area contributed by atoms with Crippen molar-refractivity contribution < 1.29 is 13.2 Å². The normalized spacial score (nSPS) is 11.9. The van der Waals surface area contributed by atoms with Gasteiger partial charge in [-0.25, -0.2) is 12.7 Å². The van der Waals surface area contributed by atoms with Gasteiger partial charge in [-0.2, -0.15) is 0 Å². The van der Waals surface area contributed by atoms with Gasteiger partial charge in [0.25, 0.3) is 0 Å². The molecule has 0 aliphatic rings. The van der Waals surface area contributed by atoms with Gasteiger partial charge in [-0.3, -0.25) is 0 Å². The van der Waals surface area contributed by atoms with Crippen LogP contribution in [0.3, 0.4) is 0 Å². The molecule has 0 fully saturated rings. The summed E-state index contributed by atoms with van der Waals surface area (Å²) in [5.74, 6) is 0.859. The lowest BCUT2D eigenvalue weighted by Crippen LogP contribution is -2.28. The van der Waals surface area contributed by atoms with E-state index in [1.807, 2.05) is 6.92 Å². The highest BCUT2D eigenvalue weighted by atomic mass is 35.5. The fourth-order valence-corrected chi connectivity index (χ4v) is 3.47. The Balaban J connectivity index is 2.97. The third kappa shape index (κ3) is 4.87. The van der Waals surface area contributed by atoms with Gasteiger partial charge >= 0.3 is 0 Å². The Morgan fingerprint density at radius 3 is 2.52 bits per heavy atom. The van der Waals surface area contributed by atoms with E-state index in [9.17, 15) is 8.42 Å². The molecule has 120 valence electrons. The number of halogens is 1. The van der Waals surface area contributed by atoms with E-state index in [0.29, 0.717) is 24.5 Å². The predicted molar refractivity (Wildman–Crippen MR) is 86.5 cm³/mol. The summed E-state index contributed by atoms with van der Waals surface area (Å²) >= 11 is 5.88. The highest BCUT2D eigenvalue weighted by Gasteiger charge is 2.21. The molecule has 0 heterocycles. The second-order valence-electron chi connectivity index (χ2n) is 4.87. The second kappa shape index (κ2) is 8.61. The van der Waals surface area contributed by atoms with Gasteiger partial charge in [0.2, 0.25) is 10.0 Å². The maximum atomic E-state index is 12.5. The molecule has 0 bridgehead atoms. The first-order chi connectivity index (χ1) is 9.97. The minimum atomic E-state index is -3.46. The Morgan fingerprint density at radius 1 is 1.24 bits per heavy atom. The van der Waals surface area contributed by atoms with Crippen molar-refractivity contribution in [1.82, 2.24) is 4.31 Å². The lowest BCUT2D eigenvalue weighted by atomic mass is 10.2. The van der Waals surface area contributed by atoms with E-state index in [2.05, 4.69) is 6.92 Å². The topological polar surface area (TPSA) is 46.6 Å². The van der Waals surface area contributed by atoms with Gasteiger partial charge in [-0.1, -0.05) is 19.8 Å². The average Bonchev–Trinajstić information content (AvgIpc) is 2.47. The van der Waals surface area contributed by atoms with Crippen molar-refractivity contribution in [3.05, 3.63) is 23.8 Å². The Labute approximate surface area is 133 Å². The van der Waals surface area contributed by atoms with Gasteiger partial charge in [0.1, 0.15) is 5.75 Å². The zero-order chi connectivity index (χ0) is 15.9. The minimum Gasteiger partial charge on any atom is -0.494 e. The average molecular weight is 334 g/mol. The molecule has 0 N–H and O–H groups in total. The third-order valence-corrected chi connectivity index (χ3v) is 5.40. The minimum absolute atomic E-state index is 0.220. The van der Waals surface area contributed by atoms with Crippen LogP contribution < -0.4 is 4.74 Å². The second-order valence-corrected chi connectivity index (χ2v) is 7.18. The smallest absolute Gasteiger partial charge is 0.242 e. The lowest BCUT2D eigenvalue weighted by Gasteiger charge is -2.18. The van der Waals surface area contributed by atoms with E-state index in [1.54, 1.807) is 25.2 Å². The van der Waals surface area contributed by atoms with E-state index in [-0.39, 0.29) is 10.8 Å². The van der Waals surface area contributed by atoms with Crippen LogP contribution in [-0.4, -0.2) is 32.9 Å². The van der Waals surface area contributed by atoms with Crippen LogP contribution in [0.4, 0.5) is 0 Å². The summed E-state index contributed by atoms with van der Waals surface area (Å²) < 4.78 is 31.9. The van der Waals surface area contributed by atoms with Crippen LogP contribution in [-0.2, 0) is 15.9 Å². The number of ether oxygens (including phenoxy) is 1. The molecule has 0 saturated carbocycles. The Bertz CT molecular complexity index is 546. The molecule has 0 aromatic heterocycles. The molecule has 1 rings (SSSR count). The first kappa shape index (κ1) is 18.3. The molecular formula is C15H24ClNO3S. The predicted octanol–water partition coefficient (Wildman–Crippen LogP) is 3.63. The molecule has 0 radical (unpaired) electrons. The summed E-state index contributed by atoms with van der Waals surface area (Å²) in [5, 5.41) is 0. The third-order valence-electron chi connectivity index (χ3n) is 3.26. The van der Waals surface area contributed by atoms with Gasteiger partial charge in [0, 0.05) is 19.2 Å². The number of hydrogen-bond donors (Lipinski definition) is 0. The maximum Gasteiger partial charge on any atom is 0.242 e. The first-order valence-corrected chi connectivity index (χ1v) is 9.22. The monoisotopic (exact) mass is 333 g/mol. The van der Waals surface area contributed by atoms with Crippen LogP contribution >= 0.6 is 11.6 Å². The van der Waals surface area contributed by atoms with E-state index in [1.165, 1.54) is 4.31 Å². The zero-order valence-electron chi connectivity index (χ0n) is 12.9. The fourth-order valence-electron chi connectivity index (χ4n) is 2.00. The number of rotatable bonds is 9. The first-order valence-electron chi connectivity index (χ1n) is 7.25. The van der Waals surface area contributed by atoms with E-state index >= 15 is 0 Å². The van der Waals surface area contributed by atoms with Gasteiger partial charge < -0.3 is 4.74 Å². The molecule has 0 aliphatic carbocycles. The largest absolute Gasteiger partial charge is 0.494 e. The van der Waals surface area contributed by atoms with Crippen molar-refractivity contribution in [3.63, 3.8) is 0 Å². The van der Waals surface area contributed by atoms with Crippen molar-refractivity contribution in [2.24, 2.45) is 0 Å².